The summed E-state index contributed by atoms with van der Waals surface area (Å²) in [7, 11) is 1.38. The first kappa shape index (κ1) is 10.9. The van der Waals surface area contributed by atoms with Gasteiger partial charge in [-0.3, -0.25) is 10.1 Å². The SMILES string of the molecule is CNc1cc(C(=O)O)c(F)cc1[N+](=O)[O-]. The van der Waals surface area contributed by atoms with E-state index in [2.05, 4.69) is 5.32 Å². The van der Waals surface area contributed by atoms with Gasteiger partial charge in [0.25, 0.3) is 5.69 Å². The zero-order valence-corrected chi connectivity index (χ0v) is 7.65. The number of aromatic carboxylic acids is 1. The molecule has 0 saturated carbocycles. The van der Waals surface area contributed by atoms with E-state index in [0.717, 1.165) is 6.07 Å². The van der Waals surface area contributed by atoms with Crippen molar-refractivity contribution < 1.29 is 19.2 Å². The van der Waals surface area contributed by atoms with E-state index in [9.17, 15) is 19.3 Å². The molecule has 0 saturated heterocycles. The monoisotopic (exact) mass is 214 g/mol. The summed E-state index contributed by atoms with van der Waals surface area (Å²) >= 11 is 0. The predicted octanol–water partition coefficient (Wildman–Crippen LogP) is 1.47. The first-order valence-electron chi connectivity index (χ1n) is 3.86. The Kier molecular flexibility index (Phi) is 2.84. The number of nitrogens with one attached hydrogen (secondary N) is 1. The third kappa shape index (κ3) is 2.01. The van der Waals surface area contributed by atoms with Crippen LogP contribution in [0.15, 0.2) is 12.1 Å². The van der Waals surface area contributed by atoms with Crippen LogP contribution in [0.2, 0.25) is 0 Å². The summed E-state index contributed by atoms with van der Waals surface area (Å²) in [5.74, 6) is -2.60. The van der Waals surface area contributed by atoms with E-state index in [-0.39, 0.29) is 5.69 Å². The van der Waals surface area contributed by atoms with E-state index in [0.29, 0.717) is 6.07 Å². The topological polar surface area (TPSA) is 92.5 Å². The van der Waals surface area contributed by atoms with Gasteiger partial charge < -0.3 is 10.4 Å². The lowest BCUT2D eigenvalue weighted by atomic mass is 10.1. The van der Waals surface area contributed by atoms with Gasteiger partial charge in [0.05, 0.1) is 16.6 Å². The van der Waals surface area contributed by atoms with Crippen LogP contribution in [0.5, 0.6) is 0 Å². The van der Waals surface area contributed by atoms with Crippen LogP contribution < -0.4 is 5.32 Å². The highest BCUT2D eigenvalue weighted by molar-refractivity contribution is 5.90. The van der Waals surface area contributed by atoms with Gasteiger partial charge in [-0.15, -0.1) is 0 Å². The lowest BCUT2D eigenvalue weighted by Crippen LogP contribution is -2.05. The molecule has 0 radical (unpaired) electrons. The number of hydrogen-bond donors (Lipinski definition) is 2. The van der Waals surface area contributed by atoms with Crippen molar-refractivity contribution in [2.24, 2.45) is 0 Å². The lowest BCUT2D eigenvalue weighted by Gasteiger charge is -2.04. The third-order valence-electron chi connectivity index (χ3n) is 1.78. The highest BCUT2D eigenvalue weighted by Gasteiger charge is 2.20. The van der Waals surface area contributed by atoms with Crippen LogP contribution in [0.25, 0.3) is 0 Å². The first-order valence-corrected chi connectivity index (χ1v) is 3.86. The van der Waals surface area contributed by atoms with Crippen molar-refractivity contribution in [2.45, 2.75) is 0 Å². The number of nitro groups is 1. The summed E-state index contributed by atoms with van der Waals surface area (Å²) < 4.78 is 13.1. The van der Waals surface area contributed by atoms with Crippen LogP contribution in [0, 0.1) is 15.9 Å². The number of carboxylic acids is 1. The second-order valence-electron chi connectivity index (χ2n) is 2.66. The van der Waals surface area contributed by atoms with Crippen molar-refractivity contribution in [3.05, 3.63) is 33.6 Å². The summed E-state index contributed by atoms with van der Waals surface area (Å²) in [4.78, 5) is 20.2. The van der Waals surface area contributed by atoms with E-state index in [1.807, 2.05) is 0 Å². The molecule has 1 aromatic carbocycles. The van der Waals surface area contributed by atoms with Gasteiger partial charge in [-0.05, 0) is 6.07 Å². The molecule has 0 unspecified atom stereocenters. The Bertz CT molecular complexity index is 433. The van der Waals surface area contributed by atoms with Gasteiger partial charge in [0.15, 0.2) is 0 Å². The molecule has 0 heterocycles. The van der Waals surface area contributed by atoms with E-state index in [1.165, 1.54) is 7.05 Å². The summed E-state index contributed by atoms with van der Waals surface area (Å²) in [6, 6.07) is 1.46. The summed E-state index contributed by atoms with van der Waals surface area (Å²) in [5, 5.41) is 21.5. The summed E-state index contributed by atoms with van der Waals surface area (Å²) in [6.45, 7) is 0. The average Bonchev–Trinajstić information content (AvgIpc) is 2.16. The highest BCUT2D eigenvalue weighted by atomic mass is 19.1. The van der Waals surface area contributed by atoms with Crippen molar-refractivity contribution >= 4 is 17.3 Å². The van der Waals surface area contributed by atoms with E-state index in [4.69, 9.17) is 5.11 Å². The van der Waals surface area contributed by atoms with E-state index >= 15 is 0 Å². The Morgan fingerprint density at radius 1 is 1.60 bits per heavy atom. The van der Waals surface area contributed by atoms with Crippen LogP contribution in [-0.2, 0) is 0 Å². The first-order chi connectivity index (χ1) is 6.97. The zero-order valence-electron chi connectivity index (χ0n) is 7.65. The molecular formula is C8H7FN2O4. The molecule has 7 heteroatoms. The molecule has 80 valence electrons. The van der Waals surface area contributed by atoms with Crippen LogP contribution in [0.1, 0.15) is 10.4 Å². The quantitative estimate of drug-likeness (QED) is 0.587. The second-order valence-corrected chi connectivity index (χ2v) is 2.66. The van der Waals surface area contributed by atoms with Gasteiger partial charge in [0.1, 0.15) is 11.5 Å². The fraction of sp³-hybridized carbons (Fsp3) is 0.125. The second kappa shape index (κ2) is 3.91. The minimum atomic E-state index is -1.47. The molecule has 6 nitrogen and oxygen atoms in total. The Morgan fingerprint density at radius 3 is 2.60 bits per heavy atom. The maximum Gasteiger partial charge on any atom is 0.338 e. The highest BCUT2D eigenvalue weighted by Crippen LogP contribution is 2.27. The lowest BCUT2D eigenvalue weighted by molar-refractivity contribution is -0.384. The van der Waals surface area contributed by atoms with Crippen molar-refractivity contribution in [3.63, 3.8) is 0 Å². The van der Waals surface area contributed by atoms with Gasteiger partial charge in [-0.25, -0.2) is 9.18 Å². The molecule has 2 N–H and O–H groups in total. The average molecular weight is 214 g/mol. The molecule has 15 heavy (non-hydrogen) atoms. The molecule has 1 aromatic rings. The van der Waals surface area contributed by atoms with Crippen LogP contribution in [-0.4, -0.2) is 23.0 Å². The molecule has 0 bridgehead atoms. The third-order valence-corrected chi connectivity index (χ3v) is 1.78. The molecule has 0 aliphatic rings. The molecule has 1 rings (SSSR count). The Hall–Kier alpha value is -2.18. The van der Waals surface area contributed by atoms with Gasteiger partial charge >= 0.3 is 5.97 Å². The maximum absolute atomic E-state index is 13.1. The van der Waals surface area contributed by atoms with Crippen LogP contribution in [0.4, 0.5) is 15.8 Å². The minimum absolute atomic E-state index is 0.0428. The fourth-order valence-corrected chi connectivity index (χ4v) is 1.08. The minimum Gasteiger partial charge on any atom is -0.478 e. The number of carbonyl (C=O) groups is 1. The van der Waals surface area contributed by atoms with Crippen LogP contribution in [0.3, 0.4) is 0 Å². The van der Waals surface area contributed by atoms with Gasteiger partial charge in [0.2, 0.25) is 0 Å². The fourth-order valence-electron chi connectivity index (χ4n) is 1.08. The number of nitrogens with zero attached hydrogens (tertiary/aromatic N) is 1. The van der Waals surface area contributed by atoms with Crippen LogP contribution >= 0.6 is 0 Å². The predicted molar refractivity (Wildman–Crippen MR) is 49.6 cm³/mol. The molecule has 0 amide bonds. The standard InChI is InChI=1S/C8H7FN2O4/c1-10-6-2-4(8(12)13)5(9)3-7(6)11(14)15/h2-3,10H,1H3,(H,12,13). The number of rotatable bonds is 3. The molecule has 0 aromatic heterocycles. The number of benzene rings is 1. The normalized spacial score (nSPS) is 9.73. The van der Waals surface area contributed by atoms with E-state index < -0.39 is 28.0 Å². The van der Waals surface area contributed by atoms with Crippen molar-refractivity contribution in [2.75, 3.05) is 12.4 Å². The molecule has 0 atom stereocenters. The Morgan fingerprint density at radius 2 is 2.20 bits per heavy atom. The smallest absolute Gasteiger partial charge is 0.338 e. The summed E-state index contributed by atoms with van der Waals surface area (Å²) in [5.41, 5.74) is -1.15. The van der Waals surface area contributed by atoms with E-state index in [1.54, 1.807) is 0 Å². The van der Waals surface area contributed by atoms with Crippen molar-refractivity contribution in [1.29, 1.82) is 0 Å². The van der Waals surface area contributed by atoms with Gasteiger partial charge in [0, 0.05) is 7.05 Å². The number of halogens is 1. The zero-order chi connectivity index (χ0) is 11.6. The van der Waals surface area contributed by atoms with Gasteiger partial charge in [-0.2, -0.15) is 0 Å². The largest absolute Gasteiger partial charge is 0.478 e. The maximum atomic E-state index is 13.1. The number of carboxylic acid groups (broad SMARTS) is 1. The molecule has 0 fully saturated rings. The van der Waals surface area contributed by atoms with Gasteiger partial charge in [-0.1, -0.05) is 0 Å². The summed E-state index contributed by atoms with van der Waals surface area (Å²) in [6.07, 6.45) is 0. The molecule has 0 spiro atoms. The molecule has 0 aliphatic carbocycles. The Labute approximate surface area is 83.5 Å². The number of nitro benzene ring substituents is 1. The molecular weight excluding hydrogens is 207 g/mol. The Balaban J connectivity index is 3.42. The number of hydrogen-bond acceptors (Lipinski definition) is 4. The number of anilines is 1. The van der Waals surface area contributed by atoms with Crippen molar-refractivity contribution in [1.82, 2.24) is 0 Å². The van der Waals surface area contributed by atoms with Crippen molar-refractivity contribution in [3.8, 4) is 0 Å². The molecule has 0 aliphatic heterocycles.